The fourth-order valence-electron chi connectivity index (χ4n) is 2.34. The van der Waals surface area contributed by atoms with Crippen LogP contribution in [0.25, 0.3) is 0 Å². The largest absolute Gasteiger partial charge is 0.497 e. The van der Waals surface area contributed by atoms with Gasteiger partial charge in [-0.3, -0.25) is 0 Å². The Balaban J connectivity index is 2.25. The lowest BCUT2D eigenvalue weighted by Crippen LogP contribution is -2.23. The molecule has 0 radical (unpaired) electrons. The molecule has 2 aromatic carbocycles. The van der Waals surface area contributed by atoms with Crippen LogP contribution >= 0.6 is 0 Å². The Morgan fingerprint density at radius 3 is 2.50 bits per heavy atom. The zero-order valence-electron chi connectivity index (χ0n) is 12.4. The van der Waals surface area contributed by atoms with Gasteiger partial charge >= 0.3 is 0 Å². The summed E-state index contributed by atoms with van der Waals surface area (Å²) in [6, 6.07) is 14.3. The Labute approximate surface area is 121 Å². The highest BCUT2D eigenvalue weighted by Crippen LogP contribution is 2.25. The van der Waals surface area contributed by atoms with E-state index in [0.717, 1.165) is 30.1 Å². The quantitative estimate of drug-likeness (QED) is 0.843. The molecule has 0 saturated heterocycles. The summed E-state index contributed by atoms with van der Waals surface area (Å²) >= 11 is 0. The van der Waals surface area contributed by atoms with Gasteiger partial charge in [0.05, 0.1) is 7.11 Å². The van der Waals surface area contributed by atoms with Crippen LogP contribution in [0.4, 0.5) is 11.4 Å². The Morgan fingerprint density at radius 2 is 1.90 bits per heavy atom. The average Bonchev–Trinajstić information content (AvgIpc) is 2.47. The molecule has 106 valence electrons. The Hall–Kier alpha value is -2.16. The van der Waals surface area contributed by atoms with Crippen LogP contribution in [0.2, 0.25) is 0 Å². The number of nitrogen functional groups attached to an aromatic ring is 1. The summed E-state index contributed by atoms with van der Waals surface area (Å²) in [5, 5.41) is 0. The highest BCUT2D eigenvalue weighted by Gasteiger charge is 2.10. The second-order valence-electron chi connectivity index (χ2n) is 4.87. The summed E-state index contributed by atoms with van der Waals surface area (Å²) in [6.45, 7) is 6.04. The van der Waals surface area contributed by atoms with E-state index in [1.807, 2.05) is 18.2 Å². The van der Waals surface area contributed by atoms with Gasteiger partial charge in [0.2, 0.25) is 0 Å². The molecular formula is C17H22N2O. The number of benzene rings is 2. The molecule has 0 spiro atoms. The molecule has 0 fully saturated rings. The second-order valence-corrected chi connectivity index (χ2v) is 4.87. The van der Waals surface area contributed by atoms with Gasteiger partial charge in [-0.1, -0.05) is 24.3 Å². The van der Waals surface area contributed by atoms with Crippen LogP contribution < -0.4 is 15.4 Å². The SMILES string of the molecule is CCN(Cc1ccc(OC)cc1N)c1ccccc1C. The normalized spacial score (nSPS) is 10.3. The minimum absolute atomic E-state index is 0.774. The Bertz CT molecular complexity index is 581. The molecule has 2 N–H and O–H groups in total. The van der Waals surface area contributed by atoms with E-state index in [4.69, 9.17) is 10.5 Å². The molecule has 0 saturated carbocycles. The maximum absolute atomic E-state index is 6.11. The van der Waals surface area contributed by atoms with Gasteiger partial charge in [0, 0.05) is 30.5 Å². The third-order valence-electron chi connectivity index (χ3n) is 3.55. The first-order valence-electron chi connectivity index (χ1n) is 6.88. The fraction of sp³-hybridized carbons (Fsp3) is 0.294. The lowest BCUT2D eigenvalue weighted by Gasteiger charge is -2.25. The van der Waals surface area contributed by atoms with Gasteiger partial charge in [-0.15, -0.1) is 0 Å². The first kappa shape index (κ1) is 14.3. The van der Waals surface area contributed by atoms with Gasteiger partial charge in [-0.05, 0) is 37.1 Å². The van der Waals surface area contributed by atoms with E-state index in [2.05, 4.69) is 43.0 Å². The molecular weight excluding hydrogens is 248 g/mol. The first-order valence-corrected chi connectivity index (χ1v) is 6.88. The van der Waals surface area contributed by atoms with Crippen LogP contribution in [-0.2, 0) is 6.54 Å². The van der Waals surface area contributed by atoms with Gasteiger partial charge in [0.25, 0.3) is 0 Å². The van der Waals surface area contributed by atoms with Crippen molar-refractivity contribution in [1.82, 2.24) is 0 Å². The van der Waals surface area contributed by atoms with E-state index in [1.54, 1.807) is 7.11 Å². The van der Waals surface area contributed by atoms with Crippen LogP contribution in [0.5, 0.6) is 5.75 Å². The molecule has 0 amide bonds. The maximum atomic E-state index is 6.11. The summed E-state index contributed by atoms with van der Waals surface area (Å²) in [6.07, 6.45) is 0. The van der Waals surface area contributed by atoms with Gasteiger partial charge in [-0.25, -0.2) is 0 Å². The number of aryl methyl sites for hydroxylation is 1. The van der Waals surface area contributed by atoms with E-state index >= 15 is 0 Å². The van der Waals surface area contributed by atoms with Gasteiger partial charge in [0.1, 0.15) is 5.75 Å². The van der Waals surface area contributed by atoms with Crippen LogP contribution in [0.15, 0.2) is 42.5 Å². The van der Waals surface area contributed by atoms with E-state index < -0.39 is 0 Å². The van der Waals surface area contributed by atoms with Crippen LogP contribution in [0.1, 0.15) is 18.1 Å². The molecule has 20 heavy (non-hydrogen) atoms. The summed E-state index contributed by atoms with van der Waals surface area (Å²) < 4.78 is 5.19. The van der Waals surface area contributed by atoms with Crippen LogP contribution in [0, 0.1) is 6.92 Å². The van der Waals surface area contributed by atoms with Crippen LogP contribution in [-0.4, -0.2) is 13.7 Å². The highest BCUT2D eigenvalue weighted by atomic mass is 16.5. The predicted molar refractivity (Wildman–Crippen MR) is 85.3 cm³/mol. The minimum Gasteiger partial charge on any atom is -0.497 e. The first-order chi connectivity index (χ1) is 9.65. The number of nitrogens with zero attached hydrogens (tertiary/aromatic N) is 1. The van der Waals surface area contributed by atoms with Crippen molar-refractivity contribution in [3.05, 3.63) is 53.6 Å². The minimum atomic E-state index is 0.774. The third kappa shape index (κ3) is 3.05. The van der Waals surface area contributed by atoms with Crippen molar-refractivity contribution in [2.24, 2.45) is 0 Å². The molecule has 2 aromatic rings. The van der Waals surface area contributed by atoms with Crippen molar-refractivity contribution in [3.8, 4) is 5.75 Å². The van der Waals surface area contributed by atoms with E-state index in [-0.39, 0.29) is 0 Å². The molecule has 3 heteroatoms. The zero-order chi connectivity index (χ0) is 14.5. The summed E-state index contributed by atoms with van der Waals surface area (Å²) in [5.74, 6) is 0.796. The molecule has 0 heterocycles. The number of rotatable bonds is 5. The molecule has 0 atom stereocenters. The molecule has 0 aromatic heterocycles. The van der Waals surface area contributed by atoms with E-state index in [0.29, 0.717) is 0 Å². The average molecular weight is 270 g/mol. The number of ether oxygens (including phenoxy) is 1. The van der Waals surface area contributed by atoms with E-state index in [9.17, 15) is 0 Å². The van der Waals surface area contributed by atoms with E-state index in [1.165, 1.54) is 11.3 Å². The second kappa shape index (κ2) is 6.33. The number of para-hydroxylation sites is 1. The van der Waals surface area contributed by atoms with Crippen molar-refractivity contribution >= 4 is 11.4 Å². The fourth-order valence-corrected chi connectivity index (χ4v) is 2.34. The van der Waals surface area contributed by atoms with Crippen molar-refractivity contribution < 1.29 is 4.74 Å². The van der Waals surface area contributed by atoms with Gasteiger partial charge in [0.15, 0.2) is 0 Å². The molecule has 0 unspecified atom stereocenters. The number of nitrogens with two attached hydrogens (primary N) is 1. The molecule has 3 nitrogen and oxygen atoms in total. The van der Waals surface area contributed by atoms with Gasteiger partial charge < -0.3 is 15.4 Å². The van der Waals surface area contributed by atoms with Crippen molar-refractivity contribution in [2.75, 3.05) is 24.3 Å². The summed E-state index contributed by atoms with van der Waals surface area (Å²) in [5.41, 5.74) is 10.5. The zero-order valence-corrected chi connectivity index (χ0v) is 12.4. The summed E-state index contributed by atoms with van der Waals surface area (Å²) in [7, 11) is 1.65. The topological polar surface area (TPSA) is 38.5 Å². The third-order valence-corrected chi connectivity index (χ3v) is 3.55. The maximum Gasteiger partial charge on any atom is 0.120 e. The number of anilines is 2. The number of methoxy groups -OCH3 is 1. The van der Waals surface area contributed by atoms with Crippen LogP contribution in [0.3, 0.4) is 0 Å². The van der Waals surface area contributed by atoms with Crippen molar-refractivity contribution in [2.45, 2.75) is 20.4 Å². The molecule has 0 bridgehead atoms. The predicted octanol–water partition coefficient (Wildman–Crippen LogP) is 3.61. The molecule has 0 aliphatic heterocycles. The Morgan fingerprint density at radius 1 is 1.15 bits per heavy atom. The monoisotopic (exact) mass is 270 g/mol. The standard InChI is InChI=1S/C17H22N2O/c1-4-19(17-8-6-5-7-13(17)2)12-14-9-10-15(20-3)11-16(14)18/h5-11H,4,12,18H2,1-3H3. The van der Waals surface area contributed by atoms with Crippen molar-refractivity contribution in [3.63, 3.8) is 0 Å². The Kier molecular flexibility index (Phi) is 4.51. The number of hydrogen-bond acceptors (Lipinski definition) is 3. The molecule has 0 aliphatic carbocycles. The lowest BCUT2D eigenvalue weighted by molar-refractivity contribution is 0.415. The number of hydrogen-bond donors (Lipinski definition) is 1. The van der Waals surface area contributed by atoms with Gasteiger partial charge in [-0.2, -0.15) is 0 Å². The van der Waals surface area contributed by atoms with Crippen molar-refractivity contribution in [1.29, 1.82) is 0 Å². The lowest BCUT2D eigenvalue weighted by atomic mass is 10.1. The molecule has 0 aliphatic rings. The smallest absolute Gasteiger partial charge is 0.120 e. The molecule has 2 rings (SSSR count). The highest BCUT2D eigenvalue weighted by molar-refractivity contribution is 5.57. The summed E-state index contributed by atoms with van der Waals surface area (Å²) in [4.78, 5) is 2.33.